The van der Waals surface area contributed by atoms with Crippen molar-refractivity contribution in [1.82, 2.24) is 24.5 Å². The Morgan fingerprint density at radius 2 is 1.90 bits per heavy atom. The third-order valence-electron chi connectivity index (χ3n) is 5.09. The monoisotopic (exact) mass is 404 g/mol. The van der Waals surface area contributed by atoms with Gasteiger partial charge >= 0.3 is 0 Å². The summed E-state index contributed by atoms with van der Waals surface area (Å²) in [5.74, 6) is 2.08. The Bertz CT molecular complexity index is 1240. The van der Waals surface area contributed by atoms with E-state index in [4.69, 9.17) is 4.52 Å². The molecule has 0 saturated carbocycles. The zero-order valence-corrected chi connectivity index (χ0v) is 17.5. The molecule has 0 unspecified atom stereocenters. The quantitative estimate of drug-likeness (QED) is 0.491. The van der Waals surface area contributed by atoms with E-state index in [9.17, 15) is 4.79 Å². The van der Waals surface area contributed by atoms with E-state index in [0.29, 0.717) is 18.3 Å². The summed E-state index contributed by atoms with van der Waals surface area (Å²) in [6.45, 7) is 5.35. The van der Waals surface area contributed by atoms with Gasteiger partial charge in [-0.1, -0.05) is 28.9 Å². The molecule has 1 aromatic carbocycles. The molecule has 0 bridgehead atoms. The lowest BCUT2D eigenvalue weighted by Crippen LogP contribution is -2.25. The van der Waals surface area contributed by atoms with Gasteiger partial charge in [-0.05, 0) is 26.0 Å². The van der Waals surface area contributed by atoms with E-state index in [1.807, 2.05) is 55.8 Å². The molecule has 4 aromatic rings. The first-order chi connectivity index (χ1) is 14.5. The third-order valence-corrected chi connectivity index (χ3v) is 5.09. The summed E-state index contributed by atoms with van der Waals surface area (Å²) in [6.07, 6.45) is 1.73. The van der Waals surface area contributed by atoms with Gasteiger partial charge in [-0.2, -0.15) is 0 Å². The van der Waals surface area contributed by atoms with Crippen LogP contribution < -0.4 is 10.5 Å². The number of hydrogen-bond donors (Lipinski definition) is 0. The van der Waals surface area contributed by atoms with Crippen LogP contribution in [-0.2, 0) is 20.6 Å². The molecule has 8 heteroatoms. The highest BCUT2D eigenvalue weighted by atomic mass is 16.5. The second kappa shape index (κ2) is 7.98. The van der Waals surface area contributed by atoms with E-state index >= 15 is 0 Å². The highest BCUT2D eigenvalue weighted by molar-refractivity contribution is 5.59. The van der Waals surface area contributed by atoms with Gasteiger partial charge in [-0.3, -0.25) is 9.36 Å². The number of aromatic nitrogens is 5. The molecular weight excluding hydrogens is 380 g/mol. The maximum absolute atomic E-state index is 12.0. The van der Waals surface area contributed by atoms with Crippen LogP contribution in [0, 0.1) is 6.92 Å². The number of rotatable bonds is 6. The topological polar surface area (TPSA) is 82.0 Å². The molecule has 0 N–H and O–H groups in total. The Hall–Kier alpha value is -3.68. The van der Waals surface area contributed by atoms with Crippen LogP contribution in [0.25, 0.3) is 22.7 Å². The Kier molecular flexibility index (Phi) is 5.22. The van der Waals surface area contributed by atoms with Gasteiger partial charge in [0.05, 0.1) is 6.54 Å². The van der Waals surface area contributed by atoms with E-state index in [1.54, 1.807) is 19.3 Å². The summed E-state index contributed by atoms with van der Waals surface area (Å²) in [4.78, 5) is 14.0. The fraction of sp³-hybridized carbons (Fsp3) is 0.273. The predicted molar refractivity (Wildman–Crippen MR) is 115 cm³/mol. The largest absolute Gasteiger partial charge is 0.356 e. The summed E-state index contributed by atoms with van der Waals surface area (Å²) in [6, 6.07) is 13.5. The van der Waals surface area contributed by atoms with E-state index < -0.39 is 0 Å². The van der Waals surface area contributed by atoms with Gasteiger partial charge in [0, 0.05) is 50.1 Å². The lowest BCUT2D eigenvalue weighted by atomic mass is 10.1. The smallest absolute Gasteiger partial charge is 0.250 e. The van der Waals surface area contributed by atoms with Crippen molar-refractivity contribution in [2.75, 3.05) is 11.4 Å². The van der Waals surface area contributed by atoms with Crippen molar-refractivity contribution < 1.29 is 4.52 Å². The average Bonchev–Trinajstić information content (AvgIpc) is 3.35. The second-order valence-corrected chi connectivity index (χ2v) is 7.31. The average molecular weight is 404 g/mol. The maximum atomic E-state index is 12.0. The Labute approximate surface area is 174 Å². The first kappa shape index (κ1) is 19.6. The van der Waals surface area contributed by atoms with Crippen LogP contribution in [0.3, 0.4) is 0 Å². The van der Waals surface area contributed by atoms with E-state index in [1.165, 1.54) is 10.1 Å². The first-order valence-electron chi connectivity index (χ1n) is 9.80. The van der Waals surface area contributed by atoms with Gasteiger partial charge < -0.3 is 14.0 Å². The zero-order chi connectivity index (χ0) is 21.3. The normalized spacial score (nSPS) is 11.1. The number of nitrogens with zero attached hydrogens (tertiary/aromatic N) is 6. The molecule has 3 heterocycles. The molecular formula is C22H24N6O2. The summed E-state index contributed by atoms with van der Waals surface area (Å²) < 4.78 is 8.97. The van der Waals surface area contributed by atoms with E-state index in [0.717, 1.165) is 29.1 Å². The van der Waals surface area contributed by atoms with Crippen molar-refractivity contribution in [3.8, 4) is 22.7 Å². The Balaban J connectivity index is 1.59. The molecule has 4 rings (SSSR count). The van der Waals surface area contributed by atoms with Crippen LogP contribution in [0.5, 0.6) is 0 Å². The Morgan fingerprint density at radius 3 is 2.63 bits per heavy atom. The maximum Gasteiger partial charge on any atom is 0.250 e. The van der Waals surface area contributed by atoms with Gasteiger partial charge in [0.25, 0.3) is 5.56 Å². The molecule has 0 aliphatic heterocycles. The summed E-state index contributed by atoms with van der Waals surface area (Å²) in [5, 5.41) is 12.9. The van der Waals surface area contributed by atoms with Crippen molar-refractivity contribution in [3.63, 3.8) is 0 Å². The number of aryl methyl sites for hydroxylation is 2. The first-order valence-corrected chi connectivity index (χ1v) is 9.80. The van der Waals surface area contributed by atoms with Crippen molar-refractivity contribution >= 4 is 5.95 Å². The van der Waals surface area contributed by atoms with Crippen LogP contribution in [0.2, 0.25) is 0 Å². The number of anilines is 1. The molecule has 30 heavy (non-hydrogen) atoms. The third kappa shape index (κ3) is 3.76. The molecule has 0 aliphatic carbocycles. The molecule has 0 fully saturated rings. The highest BCUT2D eigenvalue weighted by Crippen LogP contribution is 2.24. The van der Waals surface area contributed by atoms with Gasteiger partial charge in [0.1, 0.15) is 5.69 Å². The summed E-state index contributed by atoms with van der Waals surface area (Å²) in [5.41, 5.74) is 3.63. The van der Waals surface area contributed by atoms with Crippen molar-refractivity contribution in [2.45, 2.75) is 20.4 Å². The van der Waals surface area contributed by atoms with Crippen LogP contribution >= 0.6 is 0 Å². The molecule has 8 nitrogen and oxygen atoms in total. The minimum Gasteiger partial charge on any atom is -0.356 e. The van der Waals surface area contributed by atoms with Crippen molar-refractivity contribution in [1.29, 1.82) is 0 Å². The number of hydrogen-bond acceptors (Lipinski definition) is 6. The molecule has 0 amide bonds. The van der Waals surface area contributed by atoms with Crippen LogP contribution in [0.4, 0.5) is 5.95 Å². The highest BCUT2D eigenvalue weighted by Gasteiger charge is 2.18. The second-order valence-electron chi connectivity index (χ2n) is 7.31. The molecule has 0 aliphatic rings. The van der Waals surface area contributed by atoms with Crippen LogP contribution in [-0.4, -0.2) is 31.0 Å². The fourth-order valence-corrected chi connectivity index (χ4v) is 3.38. The van der Waals surface area contributed by atoms with Gasteiger partial charge in [-0.15, -0.1) is 10.2 Å². The summed E-state index contributed by atoms with van der Waals surface area (Å²) in [7, 11) is 3.61. The number of benzene rings is 1. The van der Waals surface area contributed by atoms with Gasteiger partial charge in [0.15, 0.2) is 11.6 Å². The molecule has 154 valence electrons. The van der Waals surface area contributed by atoms with E-state index in [2.05, 4.69) is 26.3 Å². The SMILES string of the molecule is CCN(Cc1cc(-c2cccc(C)c2)on1)c1nnc(-c2ccn(C)c(=O)c2)n1C. The van der Waals surface area contributed by atoms with E-state index in [-0.39, 0.29) is 5.56 Å². The molecule has 3 aromatic heterocycles. The van der Waals surface area contributed by atoms with Crippen LogP contribution in [0.1, 0.15) is 18.2 Å². The lowest BCUT2D eigenvalue weighted by Gasteiger charge is -2.20. The minimum atomic E-state index is -0.0873. The lowest BCUT2D eigenvalue weighted by molar-refractivity contribution is 0.422. The van der Waals surface area contributed by atoms with Gasteiger partial charge in [-0.25, -0.2) is 0 Å². The summed E-state index contributed by atoms with van der Waals surface area (Å²) >= 11 is 0. The predicted octanol–water partition coefficient (Wildman–Crippen LogP) is 3.17. The van der Waals surface area contributed by atoms with Crippen molar-refractivity contribution in [2.24, 2.45) is 14.1 Å². The minimum absolute atomic E-state index is 0.0873. The molecule has 0 atom stereocenters. The standard InChI is InChI=1S/C22H24N6O2/c1-5-28(14-18-13-19(30-25-18)16-8-6-7-15(2)11-16)22-24-23-21(27(22)4)17-9-10-26(3)20(29)12-17/h6-13H,5,14H2,1-4H3. The van der Waals surface area contributed by atoms with Crippen LogP contribution in [0.15, 0.2) is 58.0 Å². The molecule has 0 saturated heterocycles. The number of pyridine rings is 1. The van der Waals surface area contributed by atoms with Gasteiger partial charge in [0.2, 0.25) is 5.95 Å². The fourth-order valence-electron chi connectivity index (χ4n) is 3.38. The zero-order valence-electron chi connectivity index (χ0n) is 17.5. The Morgan fingerprint density at radius 1 is 1.07 bits per heavy atom. The molecule has 0 spiro atoms. The molecule has 0 radical (unpaired) electrons. The van der Waals surface area contributed by atoms with Crippen molar-refractivity contribution in [3.05, 3.63) is 70.3 Å².